The second-order valence-corrected chi connectivity index (χ2v) is 4.75. The van der Waals surface area contributed by atoms with Crippen molar-refractivity contribution in [2.45, 2.75) is 19.3 Å². The molecule has 0 aliphatic carbocycles. The third-order valence-electron chi connectivity index (χ3n) is 2.49. The van der Waals surface area contributed by atoms with Crippen LogP contribution in [-0.4, -0.2) is 14.8 Å². The fraction of sp³-hybridized carbons (Fsp3) is 0.273. The van der Waals surface area contributed by atoms with E-state index in [0.717, 1.165) is 0 Å². The van der Waals surface area contributed by atoms with Crippen LogP contribution in [0.15, 0.2) is 16.6 Å². The molecule has 0 unspecified atom stereocenters. The number of nitrogens with zero attached hydrogens (tertiary/aromatic N) is 3. The van der Waals surface area contributed by atoms with E-state index in [0.29, 0.717) is 16.8 Å². The maximum atomic E-state index is 13.8. The molecule has 0 radical (unpaired) electrons. The molecule has 7 heteroatoms. The van der Waals surface area contributed by atoms with Gasteiger partial charge in [0.2, 0.25) is 0 Å². The van der Waals surface area contributed by atoms with Crippen LogP contribution in [0.1, 0.15) is 12.7 Å². The van der Waals surface area contributed by atoms with Gasteiger partial charge in [-0.1, -0.05) is 15.9 Å². The molecule has 0 atom stereocenters. The Morgan fingerprint density at radius 2 is 1.89 bits per heavy atom. The van der Waals surface area contributed by atoms with Crippen LogP contribution in [0.3, 0.4) is 0 Å². The molecule has 0 aliphatic heterocycles. The highest BCUT2D eigenvalue weighted by atomic mass is 79.9. The summed E-state index contributed by atoms with van der Waals surface area (Å²) in [6, 6.07) is 2.38. The number of hydrogen-bond donors (Lipinski definition) is 0. The van der Waals surface area contributed by atoms with Gasteiger partial charge in [0, 0.05) is 11.0 Å². The number of aromatic nitrogens is 3. The van der Waals surface area contributed by atoms with Crippen LogP contribution in [0.25, 0.3) is 11.4 Å². The van der Waals surface area contributed by atoms with Crippen molar-refractivity contribution >= 4 is 27.5 Å². The first-order valence-electron chi connectivity index (χ1n) is 5.21. The second-order valence-electron chi connectivity index (χ2n) is 3.56. The molecule has 0 bridgehead atoms. The van der Waals surface area contributed by atoms with Crippen LogP contribution in [0.2, 0.25) is 0 Å². The van der Waals surface area contributed by atoms with Crippen LogP contribution in [0.4, 0.5) is 8.78 Å². The Bertz CT molecular complexity index is 563. The molecular weight excluding hydrogens is 327 g/mol. The molecule has 1 aromatic heterocycles. The highest BCUT2D eigenvalue weighted by Gasteiger charge is 2.20. The van der Waals surface area contributed by atoms with Crippen molar-refractivity contribution in [1.82, 2.24) is 14.8 Å². The molecule has 1 heterocycles. The molecule has 0 spiro atoms. The van der Waals surface area contributed by atoms with Crippen molar-refractivity contribution in [3.8, 4) is 11.4 Å². The first-order valence-corrected chi connectivity index (χ1v) is 6.54. The summed E-state index contributed by atoms with van der Waals surface area (Å²) in [6.45, 7) is 2.32. The van der Waals surface area contributed by atoms with E-state index in [4.69, 9.17) is 11.6 Å². The quantitative estimate of drug-likeness (QED) is 0.799. The molecule has 0 saturated heterocycles. The van der Waals surface area contributed by atoms with Gasteiger partial charge in [0.15, 0.2) is 5.82 Å². The molecule has 0 saturated carbocycles. The number of benzene rings is 1. The lowest BCUT2D eigenvalue weighted by Gasteiger charge is -2.08. The average Bonchev–Trinajstić information content (AvgIpc) is 2.70. The SMILES string of the molecule is CCn1c(CCl)nnc1-c1c(F)cc(Br)cc1F. The van der Waals surface area contributed by atoms with Crippen LogP contribution in [-0.2, 0) is 12.4 Å². The van der Waals surface area contributed by atoms with Gasteiger partial charge in [-0.3, -0.25) is 0 Å². The normalized spacial score (nSPS) is 10.9. The summed E-state index contributed by atoms with van der Waals surface area (Å²) < 4.78 is 29.6. The molecule has 96 valence electrons. The van der Waals surface area contributed by atoms with Gasteiger partial charge in [-0.15, -0.1) is 21.8 Å². The van der Waals surface area contributed by atoms with Crippen molar-refractivity contribution in [3.05, 3.63) is 34.1 Å². The summed E-state index contributed by atoms with van der Waals surface area (Å²) >= 11 is 8.73. The summed E-state index contributed by atoms with van der Waals surface area (Å²) in [5, 5.41) is 7.64. The average molecular weight is 337 g/mol. The Labute approximate surface area is 116 Å². The minimum atomic E-state index is -0.690. The monoisotopic (exact) mass is 335 g/mol. The predicted octanol–water partition coefficient (Wildman–Crippen LogP) is 3.74. The van der Waals surface area contributed by atoms with E-state index in [9.17, 15) is 8.78 Å². The fourth-order valence-corrected chi connectivity index (χ4v) is 2.31. The van der Waals surface area contributed by atoms with E-state index in [2.05, 4.69) is 26.1 Å². The minimum absolute atomic E-state index is 0.139. The van der Waals surface area contributed by atoms with E-state index in [1.54, 1.807) is 4.57 Å². The van der Waals surface area contributed by atoms with Gasteiger partial charge < -0.3 is 4.57 Å². The van der Waals surface area contributed by atoms with E-state index in [1.807, 2.05) is 6.92 Å². The maximum Gasteiger partial charge on any atom is 0.169 e. The van der Waals surface area contributed by atoms with Crippen LogP contribution < -0.4 is 0 Å². The Morgan fingerprint density at radius 1 is 1.28 bits per heavy atom. The number of alkyl halides is 1. The van der Waals surface area contributed by atoms with Crippen molar-refractivity contribution in [1.29, 1.82) is 0 Å². The van der Waals surface area contributed by atoms with Crippen LogP contribution >= 0.6 is 27.5 Å². The van der Waals surface area contributed by atoms with Gasteiger partial charge in [-0.25, -0.2) is 8.78 Å². The summed E-state index contributed by atoms with van der Waals surface area (Å²) in [4.78, 5) is 0. The van der Waals surface area contributed by atoms with Crippen molar-refractivity contribution < 1.29 is 8.78 Å². The Balaban J connectivity index is 2.66. The molecule has 2 rings (SSSR count). The zero-order valence-corrected chi connectivity index (χ0v) is 11.8. The van der Waals surface area contributed by atoms with Gasteiger partial charge in [-0.2, -0.15) is 0 Å². The zero-order chi connectivity index (χ0) is 13.3. The first-order chi connectivity index (χ1) is 8.58. The molecule has 18 heavy (non-hydrogen) atoms. The highest BCUT2D eigenvalue weighted by molar-refractivity contribution is 9.10. The molecule has 0 amide bonds. The largest absolute Gasteiger partial charge is 0.310 e. The lowest BCUT2D eigenvalue weighted by Crippen LogP contribution is -2.04. The van der Waals surface area contributed by atoms with Crippen molar-refractivity contribution in [2.75, 3.05) is 0 Å². The maximum absolute atomic E-state index is 13.8. The third kappa shape index (κ3) is 2.27. The van der Waals surface area contributed by atoms with Crippen molar-refractivity contribution in [3.63, 3.8) is 0 Å². The lowest BCUT2D eigenvalue weighted by molar-refractivity contribution is 0.582. The smallest absolute Gasteiger partial charge is 0.169 e. The molecule has 0 aliphatic rings. The van der Waals surface area contributed by atoms with E-state index in [-0.39, 0.29) is 17.3 Å². The van der Waals surface area contributed by atoms with E-state index >= 15 is 0 Å². The zero-order valence-electron chi connectivity index (χ0n) is 9.42. The fourth-order valence-electron chi connectivity index (χ4n) is 1.71. The Morgan fingerprint density at radius 3 is 2.39 bits per heavy atom. The summed E-state index contributed by atoms with van der Waals surface area (Å²) in [6.07, 6.45) is 0. The van der Waals surface area contributed by atoms with Gasteiger partial charge in [-0.05, 0) is 19.1 Å². The Hall–Kier alpha value is -1.01. The minimum Gasteiger partial charge on any atom is -0.310 e. The number of rotatable bonds is 3. The topological polar surface area (TPSA) is 30.7 Å². The standard InChI is InChI=1S/C11H9BrClF2N3/c1-2-18-9(5-13)16-17-11(18)10-7(14)3-6(12)4-8(10)15/h3-4H,2,5H2,1H3. The van der Waals surface area contributed by atoms with E-state index in [1.165, 1.54) is 12.1 Å². The predicted molar refractivity (Wildman–Crippen MR) is 68.3 cm³/mol. The molecular formula is C11H9BrClF2N3. The summed E-state index contributed by atoms with van der Waals surface area (Å²) in [5.41, 5.74) is -0.191. The van der Waals surface area contributed by atoms with Gasteiger partial charge >= 0.3 is 0 Å². The van der Waals surface area contributed by atoms with Crippen LogP contribution in [0.5, 0.6) is 0 Å². The second kappa shape index (κ2) is 5.32. The van der Waals surface area contributed by atoms with E-state index < -0.39 is 11.6 Å². The summed E-state index contributed by atoms with van der Waals surface area (Å²) in [7, 11) is 0. The van der Waals surface area contributed by atoms with Crippen LogP contribution in [0, 0.1) is 11.6 Å². The van der Waals surface area contributed by atoms with Gasteiger partial charge in [0.25, 0.3) is 0 Å². The number of halogens is 4. The molecule has 0 fully saturated rings. The first kappa shape index (κ1) is 13.4. The molecule has 3 nitrogen and oxygen atoms in total. The van der Waals surface area contributed by atoms with Gasteiger partial charge in [0.1, 0.15) is 17.5 Å². The van der Waals surface area contributed by atoms with Crippen molar-refractivity contribution in [2.24, 2.45) is 0 Å². The molecule has 2 aromatic rings. The molecule has 0 N–H and O–H groups in total. The number of hydrogen-bond acceptors (Lipinski definition) is 2. The Kier molecular flexibility index (Phi) is 3.97. The van der Waals surface area contributed by atoms with Gasteiger partial charge in [0.05, 0.1) is 11.4 Å². The lowest BCUT2D eigenvalue weighted by atomic mass is 10.2. The summed E-state index contributed by atoms with van der Waals surface area (Å²) in [5.74, 6) is -0.609. The third-order valence-corrected chi connectivity index (χ3v) is 3.19. The molecule has 1 aromatic carbocycles. The highest BCUT2D eigenvalue weighted by Crippen LogP contribution is 2.28.